The van der Waals surface area contributed by atoms with Crippen LogP contribution in [-0.4, -0.2) is 56.6 Å². The van der Waals surface area contributed by atoms with Gasteiger partial charge in [0.25, 0.3) is 0 Å². The van der Waals surface area contributed by atoms with Crippen molar-refractivity contribution in [2.45, 2.75) is 44.9 Å². The summed E-state index contributed by atoms with van der Waals surface area (Å²) in [6.45, 7) is 4.96. The van der Waals surface area contributed by atoms with Gasteiger partial charge in [-0.3, -0.25) is 0 Å². The van der Waals surface area contributed by atoms with Crippen molar-refractivity contribution < 1.29 is 8.42 Å². The van der Waals surface area contributed by atoms with E-state index < -0.39 is 10.0 Å². The van der Waals surface area contributed by atoms with Gasteiger partial charge in [0.2, 0.25) is 10.0 Å². The predicted octanol–water partition coefficient (Wildman–Crippen LogP) is 4.81. The SMILES string of the molecule is CS(=O)(=O)N1CCC(CCCN2CCC(Cc3cc(Cl)ccc3Br)CC2)CC1. The maximum absolute atomic E-state index is 11.6. The molecule has 2 fully saturated rings. The largest absolute Gasteiger partial charge is 0.303 e. The quantitative estimate of drug-likeness (QED) is 0.549. The lowest BCUT2D eigenvalue weighted by atomic mass is 9.89. The van der Waals surface area contributed by atoms with Crippen LogP contribution in [-0.2, 0) is 16.4 Å². The lowest BCUT2D eigenvalue weighted by Crippen LogP contribution is -2.38. The van der Waals surface area contributed by atoms with Crippen LogP contribution >= 0.6 is 27.5 Å². The van der Waals surface area contributed by atoms with Gasteiger partial charge in [-0.05, 0) is 100 Å². The second-order valence-corrected chi connectivity index (χ2v) is 11.7. The Balaban J connectivity index is 1.32. The summed E-state index contributed by atoms with van der Waals surface area (Å²) >= 11 is 9.80. The normalized spacial score (nSPS) is 21.2. The molecule has 0 bridgehead atoms. The summed E-state index contributed by atoms with van der Waals surface area (Å²) in [4.78, 5) is 2.61. The van der Waals surface area contributed by atoms with Crippen molar-refractivity contribution in [3.05, 3.63) is 33.3 Å². The number of sulfonamides is 1. The van der Waals surface area contributed by atoms with Gasteiger partial charge in [0.1, 0.15) is 0 Å². The molecule has 0 unspecified atom stereocenters. The van der Waals surface area contributed by atoms with Gasteiger partial charge in [0, 0.05) is 22.6 Å². The molecule has 0 saturated carbocycles. The first-order valence-electron chi connectivity index (χ1n) is 10.4. The maximum Gasteiger partial charge on any atom is 0.211 e. The molecule has 0 spiro atoms. The molecule has 0 atom stereocenters. The molecule has 0 aromatic heterocycles. The predicted molar refractivity (Wildman–Crippen MR) is 120 cm³/mol. The molecule has 2 aliphatic rings. The average Bonchev–Trinajstić information content (AvgIpc) is 2.66. The lowest BCUT2D eigenvalue weighted by molar-refractivity contribution is 0.173. The van der Waals surface area contributed by atoms with Crippen LogP contribution in [0, 0.1) is 11.8 Å². The summed E-state index contributed by atoms with van der Waals surface area (Å²) in [5, 5.41) is 0.818. The summed E-state index contributed by atoms with van der Waals surface area (Å²) in [6, 6.07) is 6.07. The van der Waals surface area contributed by atoms with E-state index in [1.807, 2.05) is 12.1 Å². The number of nitrogens with zero attached hydrogens (tertiary/aromatic N) is 2. The molecule has 2 heterocycles. The van der Waals surface area contributed by atoms with Gasteiger partial charge in [-0.1, -0.05) is 27.5 Å². The Morgan fingerprint density at radius 3 is 2.36 bits per heavy atom. The molecule has 4 nitrogen and oxygen atoms in total. The van der Waals surface area contributed by atoms with Crippen LogP contribution < -0.4 is 0 Å². The van der Waals surface area contributed by atoms with E-state index in [0.717, 1.165) is 30.2 Å². The van der Waals surface area contributed by atoms with Crippen LogP contribution in [0.3, 0.4) is 0 Å². The van der Waals surface area contributed by atoms with E-state index >= 15 is 0 Å². The van der Waals surface area contributed by atoms with Crippen molar-refractivity contribution in [3.8, 4) is 0 Å². The second kappa shape index (κ2) is 10.3. The lowest BCUT2D eigenvalue weighted by Gasteiger charge is -2.33. The fourth-order valence-corrected chi connectivity index (χ4v) is 6.04. The van der Waals surface area contributed by atoms with Crippen LogP contribution in [0.15, 0.2) is 22.7 Å². The van der Waals surface area contributed by atoms with Gasteiger partial charge in [-0.15, -0.1) is 0 Å². The van der Waals surface area contributed by atoms with Gasteiger partial charge >= 0.3 is 0 Å². The molecule has 0 N–H and O–H groups in total. The number of likely N-dealkylation sites (tertiary alicyclic amines) is 1. The number of piperidine rings is 2. The highest BCUT2D eigenvalue weighted by atomic mass is 79.9. The topological polar surface area (TPSA) is 40.6 Å². The van der Waals surface area contributed by atoms with Crippen LogP contribution in [0.1, 0.15) is 44.1 Å². The Bertz CT molecular complexity index is 743. The first kappa shape index (κ1) is 22.5. The number of halogens is 2. The molecule has 28 heavy (non-hydrogen) atoms. The maximum atomic E-state index is 11.6. The summed E-state index contributed by atoms with van der Waals surface area (Å²) in [5.41, 5.74) is 1.33. The first-order valence-corrected chi connectivity index (χ1v) is 13.4. The molecular formula is C21H32BrClN2O2S. The van der Waals surface area contributed by atoms with E-state index in [2.05, 4.69) is 26.9 Å². The highest BCUT2D eigenvalue weighted by Gasteiger charge is 2.25. The summed E-state index contributed by atoms with van der Waals surface area (Å²) in [5.74, 6) is 1.43. The smallest absolute Gasteiger partial charge is 0.211 e. The van der Waals surface area contributed by atoms with Crippen LogP contribution in [0.5, 0.6) is 0 Å². The van der Waals surface area contributed by atoms with Crippen molar-refractivity contribution in [1.82, 2.24) is 9.21 Å². The standard InChI is InChI=1S/C21H32BrClN2O2S/c1-28(26,27)25-13-8-17(9-14-25)3-2-10-24-11-6-18(7-12-24)15-19-16-20(23)4-5-21(19)22/h4-5,16-18H,2-3,6-15H2,1H3. The molecule has 2 aliphatic heterocycles. The highest BCUT2D eigenvalue weighted by Crippen LogP contribution is 2.28. The summed E-state index contributed by atoms with van der Waals surface area (Å²) < 4.78 is 26.0. The van der Waals surface area contributed by atoms with Gasteiger partial charge in [-0.25, -0.2) is 12.7 Å². The van der Waals surface area contributed by atoms with Crippen molar-refractivity contribution in [3.63, 3.8) is 0 Å². The Hall–Kier alpha value is -0.140. The van der Waals surface area contributed by atoms with Crippen LogP contribution in [0.2, 0.25) is 5.02 Å². The monoisotopic (exact) mass is 490 g/mol. The van der Waals surface area contributed by atoms with Crippen molar-refractivity contribution in [2.24, 2.45) is 11.8 Å². The van der Waals surface area contributed by atoms with Crippen LogP contribution in [0.4, 0.5) is 0 Å². The van der Waals surface area contributed by atoms with Crippen molar-refractivity contribution in [2.75, 3.05) is 39.0 Å². The molecule has 3 rings (SSSR count). The van der Waals surface area contributed by atoms with Crippen molar-refractivity contribution in [1.29, 1.82) is 0 Å². The Kier molecular flexibility index (Phi) is 8.25. The van der Waals surface area contributed by atoms with E-state index in [-0.39, 0.29) is 0 Å². The molecule has 1 aromatic carbocycles. The van der Waals surface area contributed by atoms with E-state index in [9.17, 15) is 8.42 Å². The molecule has 0 aliphatic carbocycles. The van der Waals surface area contributed by atoms with Crippen molar-refractivity contribution >= 4 is 37.6 Å². The highest BCUT2D eigenvalue weighted by molar-refractivity contribution is 9.10. The van der Waals surface area contributed by atoms with E-state index in [1.165, 1.54) is 61.6 Å². The van der Waals surface area contributed by atoms with E-state index in [1.54, 1.807) is 4.31 Å². The van der Waals surface area contributed by atoms with E-state index in [4.69, 9.17) is 11.6 Å². The van der Waals surface area contributed by atoms with E-state index in [0.29, 0.717) is 19.0 Å². The Morgan fingerprint density at radius 1 is 1.07 bits per heavy atom. The zero-order valence-corrected chi connectivity index (χ0v) is 19.9. The molecule has 158 valence electrons. The molecular weight excluding hydrogens is 460 g/mol. The molecule has 7 heteroatoms. The molecule has 0 amide bonds. The summed E-state index contributed by atoms with van der Waals surface area (Å²) in [7, 11) is -3.01. The number of hydrogen-bond donors (Lipinski definition) is 0. The molecule has 2 saturated heterocycles. The average molecular weight is 492 g/mol. The molecule has 0 radical (unpaired) electrons. The minimum Gasteiger partial charge on any atom is -0.303 e. The Morgan fingerprint density at radius 2 is 1.71 bits per heavy atom. The third kappa shape index (κ3) is 6.69. The van der Waals surface area contributed by atoms with Gasteiger partial charge in [0.15, 0.2) is 0 Å². The van der Waals surface area contributed by atoms with Gasteiger partial charge < -0.3 is 4.90 Å². The third-order valence-electron chi connectivity index (χ3n) is 6.35. The minimum absolute atomic E-state index is 0.690. The number of rotatable bonds is 7. The fraction of sp³-hybridized carbons (Fsp3) is 0.714. The van der Waals surface area contributed by atoms with Gasteiger partial charge in [0.05, 0.1) is 6.26 Å². The zero-order valence-electron chi connectivity index (χ0n) is 16.7. The van der Waals surface area contributed by atoms with Crippen LogP contribution in [0.25, 0.3) is 0 Å². The molecule has 1 aromatic rings. The fourth-order valence-electron chi connectivity index (χ4n) is 4.56. The zero-order chi connectivity index (χ0) is 20.1. The minimum atomic E-state index is -3.01. The third-order valence-corrected chi connectivity index (χ3v) is 8.66. The number of benzene rings is 1. The summed E-state index contributed by atoms with van der Waals surface area (Å²) in [6.07, 6.45) is 9.43. The van der Waals surface area contributed by atoms with Gasteiger partial charge in [-0.2, -0.15) is 0 Å². The Labute approximate surface area is 183 Å². The second-order valence-electron chi connectivity index (χ2n) is 8.47. The first-order chi connectivity index (χ1) is 13.3. The number of hydrogen-bond acceptors (Lipinski definition) is 3.